The first kappa shape index (κ1) is 14.3. The minimum Gasteiger partial charge on any atom is -0.477 e. The number of nitrogens with one attached hydrogen (secondary N) is 1. The zero-order valence-corrected chi connectivity index (χ0v) is 11.8. The van der Waals surface area contributed by atoms with E-state index in [0.717, 1.165) is 11.1 Å². The van der Waals surface area contributed by atoms with E-state index < -0.39 is 5.97 Å². The molecule has 2 aromatic rings. The summed E-state index contributed by atoms with van der Waals surface area (Å²) in [6.07, 6.45) is 0. The smallest absolute Gasteiger partial charge is 0.354 e. The number of benzene rings is 1. The van der Waals surface area contributed by atoms with Gasteiger partial charge >= 0.3 is 5.97 Å². The van der Waals surface area contributed by atoms with Crippen molar-refractivity contribution in [1.29, 1.82) is 0 Å². The van der Waals surface area contributed by atoms with Crippen LogP contribution in [0.1, 0.15) is 24.3 Å². The Morgan fingerprint density at radius 2 is 2.10 bits per heavy atom. The van der Waals surface area contributed by atoms with E-state index in [1.54, 1.807) is 19.2 Å². The number of nitrogens with zero attached hydrogens (tertiary/aromatic N) is 1. The van der Waals surface area contributed by atoms with E-state index in [-0.39, 0.29) is 11.3 Å². The molecule has 0 radical (unpaired) electrons. The number of carbonyl (C=O) groups is 1. The highest BCUT2D eigenvalue weighted by atomic mass is 16.5. The van der Waals surface area contributed by atoms with Crippen LogP contribution in [0.25, 0.3) is 10.9 Å². The predicted molar refractivity (Wildman–Crippen MR) is 78.3 cm³/mol. The molecule has 0 unspecified atom stereocenters. The molecule has 0 saturated carbocycles. The van der Waals surface area contributed by atoms with E-state index in [0.29, 0.717) is 12.1 Å². The highest BCUT2D eigenvalue weighted by molar-refractivity contribution is 5.97. The zero-order chi connectivity index (χ0) is 14.8. The summed E-state index contributed by atoms with van der Waals surface area (Å²) in [5.41, 5.74) is 1.10. The van der Waals surface area contributed by atoms with Gasteiger partial charge in [0.25, 0.3) is 0 Å². The van der Waals surface area contributed by atoms with E-state index in [9.17, 15) is 4.79 Å². The number of hydrogen-bond acceptors (Lipinski definition) is 4. The fraction of sp³-hybridized carbons (Fsp3) is 0.333. The molecule has 0 fully saturated rings. The lowest BCUT2D eigenvalue weighted by Gasteiger charge is -2.24. The molecule has 0 bridgehead atoms. The average Bonchev–Trinajstić information content (AvgIpc) is 2.44. The van der Waals surface area contributed by atoms with Crippen LogP contribution in [0.3, 0.4) is 0 Å². The molecular weight excluding hydrogens is 256 g/mol. The first-order chi connectivity index (χ1) is 9.43. The van der Waals surface area contributed by atoms with Crippen molar-refractivity contribution in [2.24, 2.45) is 0 Å². The van der Waals surface area contributed by atoms with Gasteiger partial charge in [-0.3, -0.25) is 0 Å². The fourth-order valence-corrected chi connectivity index (χ4v) is 1.81. The summed E-state index contributed by atoms with van der Waals surface area (Å²) in [6, 6.07) is 9.00. The van der Waals surface area contributed by atoms with Crippen molar-refractivity contribution >= 4 is 22.6 Å². The number of methoxy groups -OCH3 is 1. The maximum absolute atomic E-state index is 11.1. The summed E-state index contributed by atoms with van der Waals surface area (Å²) in [5, 5.41) is 13.3. The van der Waals surface area contributed by atoms with Gasteiger partial charge in [-0.15, -0.1) is 0 Å². The SMILES string of the molecule is COC(C)(C)CNc1cc(C(=O)O)nc2ccccc12. The maximum Gasteiger partial charge on any atom is 0.354 e. The van der Waals surface area contributed by atoms with Crippen LogP contribution in [0.4, 0.5) is 5.69 Å². The molecule has 5 nitrogen and oxygen atoms in total. The van der Waals surface area contributed by atoms with Gasteiger partial charge in [0.15, 0.2) is 5.69 Å². The van der Waals surface area contributed by atoms with Gasteiger partial charge < -0.3 is 15.2 Å². The zero-order valence-electron chi connectivity index (χ0n) is 11.8. The van der Waals surface area contributed by atoms with Crippen LogP contribution in [0.2, 0.25) is 0 Å². The van der Waals surface area contributed by atoms with Crippen LogP contribution in [-0.4, -0.2) is 35.3 Å². The molecule has 0 atom stereocenters. The third-order valence-corrected chi connectivity index (χ3v) is 3.19. The third kappa shape index (κ3) is 3.05. The summed E-state index contributed by atoms with van der Waals surface area (Å²) in [4.78, 5) is 15.3. The van der Waals surface area contributed by atoms with Crippen LogP contribution in [0, 0.1) is 0 Å². The number of hydrogen-bond donors (Lipinski definition) is 2. The van der Waals surface area contributed by atoms with Crippen molar-refractivity contribution in [1.82, 2.24) is 4.98 Å². The normalized spacial score (nSPS) is 11.6. The van der Waals surface area contributed by atoms with Crippen molar-refractivity contribution in [3.05, 3.63) is 36.0 Å². The van der Waals surface area contributed by atoms with Crippen molar-refractivity contribution in [2.75, 3.05) is 19.0 Å². The van der Waals surface area contributed by atoms with Crippen LogP contribution in [0.15, 0.2) is 30.3 Å². The minimum atomic E-state index is -1.04. The highest BCUT2D eigenvalue weighted by Gasteiger charge is 2.17. The topological polar surface area (TPSA) is 71.5 Å². The Morgan fingerprint density at radius 1 is 1.40 bits per heavy atom. The fourth-order valence-electron chi connectivity index (χ4n) is 1.81. The van der Waals surface area contributed by atoms with E-state index in [1.165, 1.54) is 0 Å². The van der Waals surface area contributed by atoms with E-state index in [2.05, 4.69) is 10.3 Å². The standard InChI is InChI=1S/C15H18N2O3/c1-15(2,20-3)9-16-12-8-13(14(18)19)17-11-7-5-4-6-10(11)12/h4-8H,9H2,1-3H3,(H,16,17)(H,18,19). The maximum atomic E-state index is 11.1. The van der Waals surface area contributed by atoms with Gasteiger partial charge in [-0.05, 0) is 26.0 Å². The number of ether oxygens (including phenoxy) is 1. The molecule has 0 spiro atoms. The second-order valence-corrected chi connectivity index (χ2v) is 5.19. The number of aromatic nitrogens is 1. The molecule has 2 N–H and O–H groups in total. The Morgan fingerprint density at radius 3 is 2.75 bits per heavy atom. The number of carboxylic acids is 1. The van der Waals surface area contributed by atoms with Crippen molar-refractivity contribution < 1.29 is 14.6 Å². The van der Waals surface area contributed by atoms with Crippen LogP contribution in [-0.2, 0) is 4.74 Å². The van der Waals surface area contributed by atoms with Gasteiger partial charge in [-0.2, -0.15) is 0 Å². The lowest BCUT2D eigenvalue weighted by Crippen LogP contribution is -2.32. The van der Waals surface area contributed by atoms with Crippen LogP contribution >= 0.6 is 0 Å². The summed E-state index contributed by atoms with van der Waals surface area (Å²) in [6.45, 7) is 4.49. The van der Waals surface area contributed by atoms with Crippen LogP contribution in [0.5, 0.6) is 0 Å². The monoisotopic (exact) mass is 274 g/mol. The molecule has 0 aliphatic heterocycles. The van der Waals surface area contributed by atoms with Gasteiger partial charge in [0.2, 0.25) is 0 Å². The lowest BCUT2D eigenvalue weighted by atomic mass is 10.1. The molecule has 1 aromatic heterocycles. The Hall–Kier alpha value is -2.14. The Kier molecular flexibility index (Phi) is 3.90. The number of aromatic carboxylic acids is 1. The molecule has 0 aliphatic carbocycles. The van der Waals surface area contributed by atoms with Gasteiger partial charge in [-0.25, -0.2) is 9.78 Å². The van der Waals surface area contributed by atoms with E-state index >= 15 is 0 Å². The predicted octanol–water partition coefficient (Wildman–Crippen LogP) is 2.77. The molecular formula is C15H18N2O3. The van der Waals surface area contributed by atoms with Gasteiger partial charge in [0.05, 0.1) is 11.1 Å². The highest BCUT2D eigenvalue weighted by Crippen LogP contribution is 2.24. The quantitative estimate of drug-likeness (QED) is 0.877. The number of fused-ring (bicyclic) bond motifs is 1. The molecule has 0 aliphatic rings. The average molecular weight is 274 g/mol. The Balaban J connectivity index is 2.42. The Labute approximate surface area is 117 Å². The summed E-state index contributed by atoms with van der Waals surface area (Å²) in [7, 11) is 1.65. The first-order valence-corrected chi connectivity index (χ1v) is 6.35. The molecule has 1 heterocycles. The van der Waals surface area contributed by atoms with Crippen LogP contribution < -0.4 is 5.32 Å². The van der Waals surface area contributed by atoms with Gasteiger partial charge in [0, 0.05) is 24.7 Å². The van der Waals surface area contributed by atoms with E-state index in [4.69, 9.17) is 9.84 Å². The number of carboxylic acid groups (broad SMARTS) is 1. The molecule has 5 heteroatoms. The summed E-state index contributed by atoms with van der Waals surface area (Å²) < 4.78 is 5.35. The second-order valence-electron chi connectivity index (χ2n) is 5.19. The van der Waals surface area contributed by atoms with Crippen molar-refractivity contribution in [3.8, 4) is 0 Å². The number of para-hydroxylation sites is 1. The van der Waals surface area contributed by atoms with Gasteiger partial charge in [0.1, 0.15) is 0 Å². The van der Waals surface area contributed by atoms with E-state index in [1.807, 2.05) is 32.0 Å². The second kappa shape index (κ2) is 5.46. The Bertz CT molecular complexity index is 638. The third-order valence-electron chi connectivity index (χ3n) is 3.19. The molecule has 1 aromatic carbocycles. The molecule has 20 heavy (non-hydrogen) atoms. The number of anilines is 1. The molecule has 0 saturated heterocycles. The minimum absolute atomic E-state index is 0.0291. The van der Waals surface area contributed by atoms with Crippen molar-refractivity contribution in [2.45, 2.75) is 19.4 Å². The van der Waals surface area contributed by atoms with Crippen molar-refractivity contribution in [3.63, 3.8) is 0 Å². The molecule has 2 rings (SSSR count). The molecule has 106 valence electrons. The molecule has 0 amide bonds. The lowest BCUT2D eigenvalue weighted by molar-refractivity contribution is 0.0344. The number of rotatable bonds is 5. The van der Waals surface area contributed by atoms with Gasteiger partial charge in [-0.1, -0.05) is 18.2 Å². The summed E-state index contributed by atoms with van der Waals surface area (Å²) in [5.74, 6) is -1.04. The summed E-state index contributed by atoms with van der Waals surface area (Å²) >= 11 is 0. The number of pyridine rings is 1. The first-order valence-electron chi connectivity index (χ1n) is 6.35. The largest absolute Gasteiger partial charge is 0.477 e.